The van der Waals surface area contributed by atoms with Crippen molar-refractivity contribution in [3.8, 4) is 11.3 Å². The van der Waals surface area contributed by atoms with Gasteiger partial charge in [-0.2, -0.15) is 5.10 Å². The van der Waals surface area contributed by atoms with Gasteiger partial charge in [0, 0.05) is 36.7 Å². The molecule has 1 amide bonds. The number of nitrogens with one attached hydrogen (secondary N) is 1. The van der Waals surface area contributed by atoms with E-state index in [4.69, 9.17) is 4.74 Å². The molecule has 1 aliphatic rings. The molecule has 2 atom stereocenters. The van der Waals surface area contributed by atoms with Crippen LogP contribution < -0.4 is 5.32 Å². The number of benzene rings is 1. The highest BCUT2D eigenvalue weighted by Gasteiger charge is 2.27. The zero-order valence-electron chi connectivity index (χ0n) is 14.6. The van der Waals surface area contributed by atoms with Gasteiger partial charge in [0.05, 0.1) is 18.0 Å². The van der Waals surface area contributed by atoms with Gasteiger partial charge in [-0.15, -0.1) is 5.10 Å². The molecule has 0 radical (unpaired) electrons. The minimum absolute atomic E-state index is 0.0189. The maximum atomic E-state index is 12.5. The summed E-state index contributed by atoms with van der Waals surface area (Å²) in [4.78, 5) is 17.0. The van der Waals surface area contributed by atoms with Crippen molar-refractivity contribution >= 4 is 17.4 Å². The van der Waals surface area contributed by atoms with Crippen LogP contribution in [0.5, 0.6) is 0 Å². The largest absolute Gasteiger partial charge is 0.381 e. The van der Waals surface area contributed by atoms with Crippen LogP contribution in [0, 0.1) is 5.92 Å². The predicted octanol–water partition coefficient (Wildman–Crippen LogP) is 2.94. The maximum absolute atomic E-state index is 12.5. The maximum Gasteiger partial charge on any atom is 0.254 e. The lowest BCUT2D eigenvalue weighted by atomic mass is 9.86. The Labute approximate surface area is 151 Å². The smallest absolute Gasteiger partial charge is 0.254 e. The number of ether oxygens (including phenoxy) is 1. The Balaban J connectivity index is 1.45. The van der Waals surface area contributed by atoms with Gasteiger partial charge in [0.15, 0.2) is 0 Å². The lowest BCUT2D eigenvalue weighted by molar-refractivity contribution is -0.122. The molecule has 7 nitrogen and oxygen atoms in total. The van der Waals surface area contributed by atoms with Crippen LogP contribution in [0.4, 0.5) is 5.69 Å². The molecule has 0 aliphatic heterocycles. The summed E-state index contributed by atoms with van der Waals surface area (Å²) in [6.07, 6.45) is 9.32. The Morgan fingerprint density at radius 1 is 1.27 bits per heavy atom. The molecule has 4 rings (SSSR count). The van der Waals surface area contributed by atoms with Gasteiger partial charge in [-0.05, 0) is 31.4 Å². The average molecular weight is 351 g/mol. The van der Waals surface area contributed by atoms with Crippen molar-refractivity contribution in [2.45, 2.75) is 31.8 Å². The van der Waals surface area contributed by atoms with E-state index in [2.05, 4.69) is 20.5 Å². The number of amides is 1. The van der Waals surface area contributed by atoms with Crippen LogP contribution in [-0.4, -0.2) is 38.7 Å². The summed E-state index contributed by atoms with van der Waals surface area (Å²) in [6, 6.07) is 7.70. The van der Waals surface area contributed by atoms with Gasteiger partial charge in [-0.1, -0.05) is 18.6 Å². The number of fused-ring (bicyclic) bond motifs is 1. The van der Waals surface area contributed by atoms with E-state index in [1.807, 2.05) is 41.1 Å². The topological polar surface area (TPSA) is 81.4 Å². The first-order valence-electron chi connectivity index (χ1n) is 8.83. The van der Waals surface area contributed by atoms with E-state index in [0.717, 1.165) is 42.6 Å². The summed E-state index contributed by atoms with van der Waals surface area (Å²) in [5.74, 6) is 0.651. The molecular formula is C19H21N5O2. The summed E-state index contributed by atoms with van der Waals surface area (Å²) in [5.41, 5.74) is 2.58. The highest BCUT2D eigenvalue weighted by molar-refractivity contribution is 5.92. The standard InChI is InChI=1S/C19H21N5O2/c1-26-16-4-2-3-14(11-16)18(25)21-15-7-5-13(6-8-15)17-12-24-10-9-20-23-19(24)22-17/h5-10,12,14,16H,2-4,11H2,1H3,(H,21,25)/t14-,16+/m0/s1. The molecule has 0 bridgehead atoms. The van der Waals surface area contributed by atoms with Crippen molar-refractivity contribution in [3.05, 3.63) is 42.9 Å². The Morgan fingerprint density at radius 3 is 2.88 bits per heavy atom. The molecule has 2 heterocycles. The summed E-state index contributed by atoms with van der Waals surface area (Å²) in [7, 11) is 1.72. The third-order valence-corrected chi connectivity index (χ3v) is 4.93. The first-order chi connectivity index (χ1) is 12.7. The zero-order chi connectivity index (χ0) is 17.9. The van der Waals surface area contributed by atoms with Crippen molar-refractivity contribution in [1.82, 2.24) is 19.6 Å². The Bertz CT molecular complexity index is 873. The number of carbonyl (C=O) groups excluding carboxylic acids is 1. The van der Waals surface area contributed by atoms with E-state index in [9.17, 15) is 4.79 Å². The molecule has 134 valence electrons. The van der Waals surface area contributed by atoms with Gasteiger partial charge in [-0.3, -0.25) is 9.20 Å². The second-order valence-corrected chi connectivity index (χ2v) is 6.63. The van der Waals surface area contributed by atoms with Crippen LogP contribution in [-0.2, 0) is 9.53 Å². The SMILES string of the molecule is CO[C@@H]1CCC[C@H](C(=O)Nc2ccc(-c3cn4ccnnc4n3)cc2)C1. The molecule has 0 unspecified atom stereocenters. The van der Waals surface area contributed by atoms with Gasteiger partial charge < -0.3 is 10.1 Å². The molecule has 1 aliphatic carbocycles. The van der Waals surface area contributed by atoms with E-state index >= 15 is 0 Å². The number of hydrogen-bond donors (Lipinski definition) is 1. The van der Waals surface area contributed by atoms with Crippen LogP contribution in [0.3, 0.4) is 0 Å². The number of hydrogen-bond acceptors (Lipinski definition) is 5. The zero-order valence-corrected chi connectivity index (χ0v) is 14.6. The van der Waals surface area contributed by atoms with E-state index < -0.39 is 0 Å². The highest BCUT2D eigenvalue weighted by Crippen LogP contribution is 2.27. The number of aromatic nitrogens is 4. The van der Waals surface area contributed by atoms with E-state index in [-0.39, 0.29) is 17.9 Å². The summed E-state index contributed by atoms with van der Waals surface area (Å²) < 4.78 is 7.24. The molecular weight excluding hydrogens is 330 g/mol. The molecule has 0 saturated heterocycles. The predicted molar refractivity (Wildman–Crippen MR) is 97.6 cm³/mol. The number of nitrogens with zero attached hydrogens (tertiary/aromatic N) is 4. The van der Waals surface area contributed by atoms with E-state index in [1.54, 1.807) is 13.3 Å². The van der Waals surface area contributed by atoms with Gasteiger partial charge in [0.2, 0.25) is 5.91 Å². The third kappa shape index (κ3) is 3.43. The van der Waals surface area contributed by atoms with Crippen molar-refractivity contribution in [1.29, 1.82) is 0 Å². The Kier molecular flexibility index (Phi) is 4.62. The highest BCUT2D eigenvalue weighted by atomic mass is 16.5. The minimum Gasteiger partial charge on any atom is -0.381 e. The van der Waals surface area contributed by atoms with E-state index in [0.29, 0.717) is 5.78 Å². The van der Waals surface area contributed by atoms with E-state index in [1.165, 1.54) is 0 Å². The molecule has 1 N–H and O–H groups in total. The molecule has 1 aromatic carbocycles. The monoisotopic (exact) mass is 351 g/mol. The van der Waals surface area contributed by atoms with Gasteiger partial charge in [0.25, 0.3) is 5.78 Å². The lowest BCUT2D eigenvalue weighted by Gasteiger charge is -2.27. The summed E-state index contributed by atoms with van der Waals surface area (Å²) >= 11 is 0. The lowest BCUT2D eigenvalue weighted by Crippen LogP contribution is -2.30. The fourth-order valence-electron chi connectivity index (χ4n) is 3.46. The number of methoxy groups -OCH3 is 1. The second kappa shape index (κ2) is 7.21. The fourth-order valence-corrected chi connectivity index (χ4v) is 3.46. The molecule has 3 aromatic rings. The second-order valence-electron chi connectivity index (χ2n) is 6.63. The molecule has 0 spiro atoms. The van der Waals surface area contributed by atoms with Crippen LogP contribution in [0.25, 0.3) is 17.0 Å². The first-order valence-corrected chi connectivity index (χ1v) is 8.83. The first kappa shape index (κ1) is 16.7. The number of anilines is 1. The van der Waals surface area contributed by atoms with Crippen molar-refractivity contribution < 1.29 is 9.53 Å². The van der Waals surface area contributed by atoms with Crippen LogP contribution >= 0.6 is 0 Å². The minimum atomic E-state index is 0.0189. The molecule has 26 heavy (non-hydrogen) atoms. The molecule has 1 saturated carbocycles. The molecule has 1 fully saturated rings. The molecule has 2 aromatic heterocycles. The quantitative estimate of drug-likeness (QED) is 0.781. The summed E-state index contributed by atoms with van der Waals surface area (Å²) in [5, 5.41) is 10.8. The Morgan fingerprint density at radius 2 is 2.12 bits per heavy atom. The van der Waals surface area contributed by atoms with Gasteiger partial charge in [0.1, 0.15) is 0 Å². The van der Waals surface area contributed by atoms with Crippen LogP contribution in [0.15, 0.2) is 42.9 Å². The van der Waals surface area contributed by atoms with Gasteiger partial charge >= 0.3 is 0 Å². The number of carbonyl (C=O) groups is 1. The van der Waals surface area contributed by atoms with Crippen molar-refractivity contribution in [2.75, 3.05) is 12.4 Å². The summed E-state index contributed by atoms with van der Waals surface area (Å²) in [6.45, 7) is 0. The molecule has 7 heteroatoms. The number of rotatable bonds is 4. The fraction of sp³-hybridized carbons (Fsp3) is 0.368. The Hall–Kier alpha value is -2.80. The number of imidazole rings is 1. The third-order valence-electron chi connectivity index (χ3n) is 4.93. The average Bonchev–Trinajstić information content (AvgIpc) is 3.13. The van der Waals surface area contributed by atoms with Gasteiger partial charge in [-0.25, -0.2) is 4.98 Å². The van der Waals surface area contributed by atoms with Crippen molar-refractivity contribution in [2.24, 2.45) is 5.92 Å². The van der Waals surface area contributed by atoms with Crippen molar-refractivity contribution in [3.63, 3.8) is 0 Å². The van der Waals surface area contributed by atoms with Crippen LogP contribution in [0.1, 0.15) is 25.7 Å². The normalized spacial score (nSPS) is 20.2. The van der Waals surface area contributed by atoms with Crippen LogP contribution in [0.2, 0.25) is 0 Å².